The number of piperidine rings is 1. The van der Waals surface area contributed by atoms with Crippen molar-refractivity contribution >= 4 is 0 Å². The number of hydrogen-bond donors (Lipinski definition) is 0. The van der Waals surface area contributed by atoms with Crippen molar-refractivity contribution in [2.75, 3.05) is 13.1 Å². The summed E-state index contributed by atoms with van der Waals surface area (Å²) in [4.78, 5) is 5.37. The minimum Gasteiger partial charge on any atom is -0.298 e. The predicted octanol–water partition coefficient (Wildman–Crippen LogP) is 2.95. The zero-order chi connectivity index (χ0) is 10.6. The summed E-state index contributed by atoms with van der Waals surface area (Å²) in [7, 11) is 0. The summed E-state index contributed by atoms with van der Waals surface area (Å²) in [6.07, 6.45) is 3.18. The summed E-state index contributed by atoms with van der Waals surface area (Å²) in [5, 5.41) is 3.78. The van der Waals surface area contributed by atoms with Gasteiger partial charge in [-0.25, -0.2) is 0 Å². The predicted molar refractivity (Wildman–Crippen MR) is 58.1 cm³/mol. The highest BCUT2D eigenvalue weighted by molar-refractivity contribution is 4.86. The van der Waals surface area contributed by atoms with Crippen LogP contribution >= 0.6 is 0 Å². The molecule has 4 nitrogen and oxygen atoms in total. The van der Waals surface area contributed by atoms with Crippen molar-refractivity contribution in [3.63, 3.8) is 0 Å². The second-order valence-electron chi connectivity index (χ2n) is 4.59. The van der Waals surface area contributed by atoms with Crippen LogP contribution in [0.5, 0.6) is 0 Å². The topological polar surface area (TPSA) is 52.0 Å². The van der Waals surface area contributed by atoms with Crippen LogP contribution in [0.2, 0.25) is 0 Å². The van der Waals surface area contributed by atoms with E-state index in [0.717, 1.165) is 25.9 Å². The SMILES string of the molecule is CCC(C)(C)N1CCC(N=[N+]=[N-])CC1. The van der Waals surface area contributed by atoms with Crippen LogP contribution in [0.25, 0.3) is 10.4 Å². The molecule has 0 aromatic carbocycles. The third-order valence-corrected chi connectivity index (χ3v) is 3.40. The molecular weight excluding hydrogens is 176 g/mol. The van der Waals surface area contributed by atoms with Crippen LogP contribution in [-0.2, 0) is 0 Å². The summed E-state index contributed by atoms with van der Waals surface area (Å²) in [5.74, 6) is 0. The van der Waals surface area contributed by atoms with Gasteiger partial charge in [0, 0.05) is 16.5 Å². The molecule has 0 atom stereocenters. The van der Waals surface area contributed by atoms with E-state index in [1.807, 2.05) is 0 Å². The molecular formula is C10H20N4. The van der Waals surface area contributed by atoms with E-state index in [0.29, 0.717) is 5.54 Å². The van der Waals surface area contributed by atoms with E-state index in [2.05, 4.69) is 35.7 Å². The minimum absolute atomic E-state index is 0.226. The van der Waals surface area contributed by atoms with E-state index >= 15 is 0 Å². The van der Waals surface area contributed by atoms with Gasteiger partial charge in [-0.1, -0.05) is 12.0 Å². The van der Waals surface area contributed by atoms with Gasteiger partial charge in [-0.3, -0.25) is 4.90 Å². The molecule has 80 valence electrons. The average molecular weight is 196 g/mol. The Labute approximate surface area is 85.9 Å². The van der Waals surface area contributed by atoms with Gasteiger partial charge in [-0.05, 0) is 51.7 Å². The Kier molecular flexibility index (Phi) is 3.78. The zero-order valence-electron chi connectivity index (χ0n) is 9.40. The fraction of sp³-hybridized carbons (Fsp3) is 1.00. The Balaban J connectivity index is 2.46. The lowest BCUT2D eigenvalue weighted by Crippen LogP contribution is -2.48. The summed E-state index contributed by atoms with van der Waals surface area (Å²) in [5.41, 5.74) is 8.63. The first-order valence-corrected chi connectivity index (χ1v) is 5.39. The van der Waals surface area contributed by atoms with Crippen molar-refractivity contribution in [3.05, 3.63) is 10.4 Å². The first-order chi connectivity index (χ1) is 6.60. The van der Waals surface area contributed by atoms with Crippen molar-refractivity contribution in [2.45, 2.75) is 51.6 Å². The zero-order valence-corrected chi connectivity index (χ0v) is 9.40. The van der Waals surface area contributed by atoms with E-state index in [9.17, 15) is 0 Å². The van der Waals surface area contributed by atoms with E-state index in [1.54, 1.807) is 0 Å². The van der Waals surface area contributed by atoms with Gasteiger partial charge in [-0.15, -0.1) is 0 Å². The number of hydrogen-bond acceptors (Lipinski definition) is 2. The normalized spacial score (nSPS) is 20.5. The molecule has 1 fully saturated rings. The van der Waals surface area contributed by atoms with Gasteiger partial charge in [0.1, 0.15) is 0 Å². The van der Waals surface area contributed by atoms with Crippen LogP contribution in [0.4, 0.5) is 0 Å². The number of rotatable bonds is 3. The van der Waals surface area contributed by atoms with Crippen LogP contribution in [-0.4, -0.2) is 29.6 Å². The highest BCUT2D eigenvalue weighted by Gasteiger charge is 2.28. The van der Waals surface area contributed by atoms with Crippen LogP contribution in [0.3, 0.4) is 0 Å². The summed E-state index contributed by atoms with van der Waals surface area (Å²) in [6.45, 7) is 8.90. The van der Waals surface area contributed by atoms with Gasteiger partial charge < -0.3 is 0 Å². The molecule has 0 spiro atoms. The lowest BCUT2D eigenvalue weighted by atomic mass is 9.94. The monoisotopic (exact) mass is 196 g/mol. The quantitative estimate of drug-likeness (QED) is 0.389. The number of nitrogens with zero attached hydrogens (tertiary/aromatic N) is 4. The molecule has 14 heavy (non-hydrogen) atoms. The van der Waals surface area contributed by atoms with Crippen LogP contribution in [0.1, 0.15) is 40.0 Å². The molecule has 1 aliphatic heterocycles. The Morgan fingerprint density at radius 3 is 2.43 bits per heavy atom. The fourth-order valence-corrected chi connectivity index (χ4v) is 1.88. The number of likely N-dealkylation sites (tertiary alicyclic amines) is 1. The van der Waals surface area contributed by atoms with Crippen molar-refractivity contribution in [3.8, 4) is 0 Å². The smallest absolute Gasteiger partial charge is 0.0398 e. The molecule has 4 heteroatoms. The molecule has 0 aromatic rings. The van der Waals surface area contributed by atoms with Gasteiger partial charge in [-0.2, -0.15) is 0 Å². The number of azide groups is 1. The molecule has 0 bridgehead atoms. The third-order valence-electron chi connectivity index (χ3n) is 3.40. The van der Waals surface area contributed by atoms with Crippen LogP contribution in [0, 0.1) is 0 Å². The van der Waals surface area contributed by atoms with Gasteiger partial charge >= 0.3 is 0 Å². The van der Waals surface area contributed by atoms with Gasteiger partial charge in [0.15, 0.2) is 0 Å². The van der Waals surface area contributed by atoms with E-state index < -0.39 is 0 Å². The van der Waals surface area contributed by atoms with E-state index in [-0.39, 0.29) is 6.04 Å². The summed E-state index contributed by atoms with van der Waals surface area (Å²) < 4.78 is 0. The lowest BCUT2D eigenvalue weighted by Gasteiger charge is -2.41. The Morgan fingerprint density at radius 2 is 2.00 bits per heavy atom. The average Bonchev–Trinajstić information content (AvgIpc) is 2.19. The molecule has 0 aliphatic carbocycles. The summed E-state index contributed by atoms with van der Waals surface area (Å²) >= 11 is 0. The van der Waals surface area contributed by atoms with Gasteiger partial charge in [0.2, 0.25) is 0 Å². The highest BCUT2D eigenvalue weighted by Crippen LogP contribution is 2.24. The van der Waals surface area contributed by atoms with Crippen LogP contribution in [0.15, 0.2) is 5.11 Å². The molecule has 0 N–H and O–H groups in total. The highest BCUT2D eigenvalue weighted by atomic mass is 15.2. The first kappa shape index (κ1) is 11.3. The fourth-order valence-electron chi connectivity index (χ4n) is 1.88. The molecule has 0 aromatic heterocycles. The second-order valence-corrected chi connectivity index (χ2v) is 4.59. The molecule has 1 heterocycles. The van der Waals surface area contributed by atoms with Crippen LogP contribution < -0.4 is 0 Å². The lowest BCUT2D eigenvalue weighted by molar-refractivity contribution is 0.0856. The van der Waals surface area contributed by atoms with Crippen molar-refractivity contribution in [2.24, 2.45) is 5.11 Å². The first-order valence-electron chi connectivity index (χ1n) is 5.39. The van der Waals surface area contributed by atoms with Gasteiger partial charge in [0.05, 0.1) is 0 Å². The van der Waals surface area contributed by atoms with Gasteiger partial charge in [0.25, 0.3) is 0 Å². The Hall–Kier alpha value is -0.730. The Bertz CT molecular complexity index is 222. The third kappa shape index (κ3) is 2.63. The van der Waals surface area contributed by atoms with E-state index in [1.165, 1.54) is 6.42 Å². The molecule has 0 amide bonds. The van der Waals surface area contributed by atoms with E-state index in [4.69, 9.17) is 5.53 Å². The standard InChI is InChI=1S/C10H20N4/c1-4-10(2,3)14-7-5-9(6-8-14)12-13-11/h9H,4-8H2,1-3H3. The Morgan fingerprint density at radius 1 is 1.43 bits per heavy atom. The van der Waals surface area contributed by atoms with Crippen molar-refractivity contribution in [1.82, 2.24) is 4.90 Å². The maximum Gasteiger partial charge on any atom is 0.0398 e. The summed E-state index contributed by atoms with van der Waals surface area (Å²) in [6, 6.07) is 0.226. The molecule has 0 saturated carbocycles. The molecule has 0 unspecified atom stereocenters. The largest absolute Gasteiger partial charge is 0.298 e. The molecule has 1 aliphatic rings. The maximum atomic E-state index is 8.34. The maximum absolute atomic E-state index is 8.34. The van der Waals surface area contributed by atoms with Crippen molar-refractivity contribution in [1.29, 1.82) is 0 Å². The molecule has 1 rings (SSSR count). The minimum atomic E-state index is 0.226. The molecule has 0 radical (unpaired) electrons. The second kappa shape index (κ2) is 4.67. The van der Waals surface area contributed by atoms with Crippen molar-refractivity contribution < 1.29 is 0 Å². The molecule has 1 saturated heterocycles.